The minimum absolute atomic E-state index is 0.332. The molecule has 0 aromatic heterocycles. The molecule has 0 aliphatic rings. The van der Waals surface area contributed by atoms with E-state index in [4.69, 9.17) is 5.11 Å². The molecule has 0 saturated heterocycles. The third kappa shape index (κ3) is 2.60. The zero-order valence-corrected chi connectivity index (χ0v) is 6.62. The normalized spacial score (nSPS) is 9.91. The molecule has 1 aromatic carbocycles. The van der Waals surface area contributed by atoms with Gasteiger partial charge in [-0.15, -0.1) is 6.54 Å². The van der Waals surface area contributed by atoms with Gasteiger partial charge in [-0.3, -0.25) is 0 Å². The molecule has 0 aliphatic carbocycles. The number of nitrogens with zero attached hydrogens (tertiary/aromatic N) is 1. The molecule has 0 fully saturated rings. The Morgan fingerprint density at radius 1 is 1.45 bits per heavy atom. The highest BCUT2D eigenvalue weighted by atomic mass is 16.3. The lowest BCUT2D eigenvalue weighted by atomic mass is 10.1. The van der Waals surface area contributed by atoms with Crippen LogP contribution in [0.5, 0.6) is 5.75 Å². The van der Waals surface area contributed by atoms with Crippen LogP contribution in [0.3, 0.4) is 0 Å². The Bertz CT molecular complexity index is 223. The summed E-state index contributed by atoms with van der Waals surface area (Å²) in [6.45, 7) is 0.823. The van der Waals surface area contributed by atoms with E-state index in [0.29, 0.717) is 5.75 Å². The van der Waals surface area contributed by atoms with Crippen molar-refractivity contribution in [2.75, 3.05) is 13.6 Å². The second-order valence-corrected chi connectivity index (χ2v) is 2.46. The number of benzene rings is 1. The van der Waals surface area contributed by atoms with Crippen molar-refractivity contribution in [2.45, 2.75) is 6.42 Å². The van der Waals surface area contributed by atoms with E-state index in [9.17, 15) is 0 Å². The van der Waals surface area contributed by atoms with Crippen LogP contribution in [0.2, 0.25) is 0 Å². The van der Waals surface area contributed by atoms with Crippen molar-refractivity contribution in [3.05, 3.63) is 35.1 Å². The van der Waals surface area contributed by atoms with Gasteiger partial charge in [0.25, 0.3) is 0 Å². The predicted molar refractivity (Wildman–Crippen MR) is 46.0 cm³/mol. The van der Waals surface area contributed by atoms with Gasteiger partial charge < -0.3 is 10.4 Å². The van der Waals surface area contributed by atoms with Crippen LogP contribution >= 0.6 is 0 Å². The maximum atomic E-state index is 9.08. The molecule has 0 aliphatic heterocycles. The Labute approximate surface area is 66.9 Å². The summed E-state index contributed by atoms with van der Waals surface area (Å²) in [5, 5.41) is 13.1. The van der Waals surface area contributed by atoms with Gasteiger partial charge >= 0.3 is 0 Å². The van der Waals surface area contributed by atoms with E-state index < -0.39 is 0 Å². The van der Waals surface area contributed by atoms with Gasteiger partial charge in [-0.2, -0.15) is 7.05 Å². The summed E-state index contributed by atoms with van der Waals surface area (Å²) >= 11 is 0. The topological polar surface area (TPSA) is 34.3 Å². The Morgan fingerprint density at radius 3 is 2.91 bits per heavy atom. The number of likely N-dealkylation sites (N-methyl/N-ethyl adjacent to an activating group) is 1. The molecule has 11 heavy (non-hydrogen) atoms. The van der Waals surface area contributed by atoms with Crippen molar-refractivity contribution < 1.29 is 5.11 Å². The average molecular weight is 150 g/mol. The van der Waals surface area contributed by atoms with Crippen LogP contribution < -0.4 is 0 Å². The first-order chi connectivity index (χ1) is 5.33. The highest BCUT2D eigenvalue weighted by Gasteiger charge is 1.89. The Balaban J connectivity index is 2.56. The molecular weight excluding hydrogens is 138 g/mol. The Hall–Kier alpha value is -1.02. The molecular formula is C9H12NO-. The van der Waals surface area contributed by atoms with E-state index in [1.54, 1.807) is 19.2 Å². The van der Waals surface area contributed by atoms with Crippen molar-refractivity contribution in [3.8, 4) is 5.75 Å². The predicted octanol–water partition coefficient (Wildman–Crippen LogP) is 1.94. The molecule has 0 unspecified atom stereocenters. The lowest BCUT2D eigenvalue weighted by molar-refractivity contribution is 0.474. The Kier molecular flexibility index (Phi) is 2.93. The second-order valence-electron chi connectivity index (χ2n) is 2.46. The van der Waals surface area contributed by atoms with Crippen molar-refractivity contribution in [3.63, 3.8) is 0 Å². The maximum Gasteiger partial charge on any atom is 0.115 e. The number of aromatic hydroxyl groups is 1. The van der Waals surface area contributed by atoms with Gasteiger partial charge in [-0.25, -0.2) is 0 Å². The zero-order valence-electron chi connectivity index (χ0n) is 6.62. The number of hydrogen-bond acceptors (Lipinski definition) is 1. The van der Waals surface area contributed by atoms with Crippen LogP contribution in [-0.2, 0) is 6.42 Å². The molecule has 2 heteroatoms. The van der Waals surface area contributed by atoms with Gasteiger partial charge in [0, 0.05) is 0 Å². The molecule has 1 N–H and O–H groups in total. The first-order valence-corrected chi connectivity index (χ1v) is 3.66. The second kappa shape index (κ2) is 3.98. The summed E-state index contributed by atoms with van der Waals surface area (Å²) in [4.78, 5) is 0. The highest BCUT2D eigenvalue weighted by molar-refractivity contribution is 5.27. The van der Waals surface area contributed by atoms with Crippen LogP contribution in [0, 0.1) is 0 Å². The molecule has 60 valence electrons. The minimum atomic E-state index is 0.332. The van der Waals surface area contributed by atoms with E-state index in [0.717, 1.165) is 18.5 Å². The zero-order chi connectivity index (χ0) is 8.10. The van der Waals surface area contributed by atoms with E-state index in [2.05, 4.69) is 5.32 Å². The summed E-state index contributed by atoms with van der Waals surface area (Å²) in [5.74, 6) is 0.332. The van der Waals surface area contributed by atoms with Crippen molar-refractivity contribution >= 4 is 0 Å². The summed E-state index contributed by atoms with van der Waals surface area (Å²) in [7, 11) is 1.79. The minimum Gasteiger partial charge on any atom is -0.665 e. The SMILES string of the molecule is C[N-]CCc1cccc(O)c1. The smallest absolute Gasteiger partial charge is 0.115 e. The summed E-state index contributed by atoms with van der Waals surface area (Å²) in [6.07, 6.45) is 0.908. The lowest BCUT2D eigenvalue weighted by Crippen LogP contribution is -1.88. The van der Waals surface area contributed by atoms with Crippen LogP contribution in [0.15, 0.2) is 24.3 Å². The standard InChI is InChI=1S/C9H12NO/c1-10-6-5-8-3-2-4-9(11)7-8/h2-4,7,11H,5-6H2,1H3/q-1. The van der Waals surface area contributed by atoms with Crippen LogP contribution in [0.25, 0.3) is 5.32 Å². The fourth-order valence-corrected chi connectivity index (χ4v) is 0.953. The third-order valence-electron chi connectivity index (χ3n) is 1.53. The largest absolute Gasteiger partial charge is 0.665 e. The fourth-order valence-electron chi connectivity index (χ4n) is 0.953. The maximum absolute atomic E-state index is 9.08. The molecule has 0 saturated carbocycles. The highest BCUT2D eigenvalue weighted by Crippen LogP contribution is 2.11. The summed E-state index contributed by atoms with van der Waals surface area (Å²) < 4.78 is 0. The van der Waals surface area contributed by atoms with E-state index in [1.807, 2.05) is 12.1 Å². The van der Waals surface area contributed by atoms with Crippen LogP contribution in [0.4, 0.5) is 0 Å². The molecule has 0 heterocycles. The van der Waals surface area contributed by atoms with Crippen molar-refractivity contribution in [2.24, 2.45) is 0 Å². The number of phenols is 1. The Morgan fingerprint density at radius 2 is 2.27 bits per heavy atom. The van der Waals surface area contributed by atoms with E-state index in [1.165, 1.54) is 0 Å². The molecule has 0 atom stereocenters. The van der Waals surface area contributed by atoms with Crippen LogP contribution in [-0.4, -0.2) is 18.7 Å². The van der Waals surface area contributed by atoms with Gasteiger partial charge in [-0.05, 0) is 24.1 Å². The molecule has 0 spiro atoms. The quantitative estimate of drug-likeness (QED) is 0.702. The molecule has 1 aromatic rings. The average Bonchev–Trinajstić information content (AvgIpc) is 2.01. The summed E-state index contributed by atoms with van der Waals surface area (Å²) in [5.41, 5.74) is 1.13. The molecule has 1 rings (SSSR count). The van der Waals surface area contributed by atoms with Gasteiger partial charge in [0.15, 0.2) is 0 Å². The third-order valence-corrected chi connectivity index (χ3v) is 1.53. The number of phenolic OH excluding ortho intramolecular Hbond substituents is 1. The number of rotatable bonds is 3. The first kappa shape index (κ1) is 8.08. The van der Waals surface area contributed by atoms with Gasteiger partial charge in [0.2, 0.25) is 0 Å². The lowest BCUT2D eigenvalue weighted by Gasteiger charge is -2.09. The number of hydrogen-bond donors (Lipinski definition) is 1. The van der Waals surface area contributed by atoms with Gasteiger partial charge in [0.1, 0.15) is 5.75 Å². The summed E-state index contributed by atoms with van der Waals surface area (Å²) in [6, 6.07) is 7.28. The molecule has 0 amide bonds. The first-order valence-electron chi connectivity index (χ1n) is 3.66. The van der Waals surface area contributed by atoms with E-state index in [-0.39, 0.29) is 0 Å². The van der Waals surface area contributed by atoms with Crippen molar-refractivity contribution in [1.82, 2.24) is 0 Å². The van der Waals surface area contributed by atoms with Crippen LogP contribution in [0.1, 0.15) is 5.56 Å². The molecule has 0 bridgehead atoms. The van der Waals surface area contributed by atoms with Gasteiger partial charge in [0.05, 0.1) is 0 Å². The molecule has 0 radical (unpaired) electrons. The van der Waals surface area contributed by atoms with E-state index >= 15 is 0 Å². The van der Waals surface area contributed by atoms with Crippen molar-refractivity contribution in [1.29, 1.82) is 0 Å². The monoisotopic (exact) mass is 150 g/mol. The molecule has 2 nitrogen and oxygen atoms in total. The van der Waals surface area contributed by atoms with Gasteiger partial charge in [-0.1, -0.05) is 12.1 Å². The fraction of sp³-hybridized carbons (Fsp3) is 0.333.